The number of hydrogen-bond acceptors (Lipinski definition) is 3. The van der Waals surface area contributed by atoms with Crippen LogP contribution >= 0.6 is 0 Å². The molecule has 2 aromatic rings. The molecule has 3 N–H and O–H groups in total. The maximum absolute atomic E-state index is 12.0. The van der Waals surface area contributed by atoms with Gasteiger partial charge in [-0.15, -0.1) is 0 Å². The van der Waals surface area contributed by atoms with Gasteiger partial charge in [0.2, 0.25) is 5.91 Å². The number of hydrogen-bond donors (Lipinski definition) is 2. The summed E-state index contributed by atoms with van der Waals surface area (Å²) in [6.45, 7) is 2.08. The molecule has 0 radical (unpaired) electrons. The average Bonchev–Trinajstić information content (AvgIpc) is 2.45. The van der Waals surface area contributed by atoms with Crippen LogP contribution in [-0.4, -0.2) is 16.9 Å². The van der Waals surface area contributed by atoms with Gasteiger partial charge in [0.1, 0.15) is 0 Å². The maximum Gasteiger partial charge on any atom is 0.241 e. The number of nitrogens with one attached hydrogen (secondary N) is 1. The summed E-state index contributed by atoms with van der Waals surface area (Å²) in [6.07, 6.45) is 4.43. The van der Waals surface area contributed by atoms with Gasteiger partial charge in [0.05, 0.1) is 17.2 Å². The Morgan fingerprint density at radius 2 is 2.16 bits per heavy atom. The number of unbranched alkanes of at least 4 members (excludes halogenated alkanes) is 1. The normalized spacial score (nSPS) is 12.3. The summed E-state index contributed by atoms with van der Waals surface area (Å²) in [6, 6.07) is 9.10. The van der Waals surface area contributed by atoms with E-state index in [1.807, 2.05) is 30.3 Å². The van der Waals surface area contributed by atoms with Crippen molar-refractivity contribution >= 4 is 22.5 Å². The minimum absolute atomic E-state index is 0.147. The number of nitrogens with two attached hydrogens (primary N) is 1. The van der Waals surface area contributed by atoms with Gasteiger partial charge in [-0.2, -0.15) is 0 Å². The second-order valence-corrected chi connectivity index (χ2v) is 4.62. The van der Waals surface area contributed by atoms with E-state index in [1.54, 1.807) is 6.20 Å². The van der Waals surface area contributed by atoms with Gasteiger partial charge in [0, 0.05) is 11.6 Å². The van der Waals surface area contributed by atoms with E-state index in [0.29, 0.717) is 6.42 Å². The second kappa shape index (κ2) is 6.29. The zero-order valence-electron chi connectivity index (χ0n) is 11.1. The molecule has 0 aliphatic heterocycles. The number of para-hydroxylation sites is 1. The molecule has 2 rings (SSSR count). The molecule has 0 saturated heterocycles. The number of carbonyl (C=O) groups excluding carboxylic acids is 1. The van der Waals surface area contributed by atoms with E-state index in [-0.39, 0.29) is 5.91 Å². The molecule has 4 heteroatoms. The fourth-order valence-corrected chi connectivity index (χ4v) is 1.99. The Labute approximate surface area is 113 Å². The third-order valence-electron chi connectivity index (χ3n) is 3.10. The molecule has 1 amide bonds. The lowest BCUT2D eigenvalue weighted by atomic mass is 10.1. The number of pyridine rings is 1. The summed E-state index contributed by atoms with van der Waals surface area (Å²) in [5, 5.41) is 3.87. The van der Waals surface area contributed by atoms with Crippen molar-refractivity contribution in [2.45, 2.75) is 32.2 Å². The van der Waals surface area contributed by atoms with Crippen molar-refractivity contribution in [2.75, 3.05) is 5.32 Å². The van der Waals surface area contributed by atoms with E-state index >= 15 is 0 Å². The Hall–Kier alpha value is -1.94. The molecule has 1 heterocycles. The van der Waals surface area contributed by atoms with Gasteiger partial charge in [-0.1, -0.05) is 38.0 Å². The standard InChI is InChI=1S/C15H19N3O/c1-2-3-8-12(16)15(19)18-13-9-4-6-11-7-5-10-17-14(11)13/h4-7,9-10,12H,2-3,8,16H2,1H3,(H,18,19). The van der Waals surface area contributed by atoms with Crippen molar-refractivity contribution in [1.82, 2.24) is 4.98 Å². The SMILES string of the molecule is CCCCC(N)C(=O)Nc1cccc2cccnc12. The first-order valence-electron chi connectivity index (χ1n) is 6.62. The minimum Gasteiger partial charge on any atom is -0.323 e. The summed E-state index contributed by atoms with van der Waals surface area (Å²) in [7, 11) is 0. The topological polar surface area (TPSA) is 68.0 Å². The zero-order chi connectivity index (χ0) is 13.7. The molecule has 4 nitrogen and oxygen atoms in total. The van der Waals surface area contributed by atoms with Gasteiger partial charge < -0.3 is 11.1 Å². The zero-order valence-corrected chi connectivity index (χ0v) is 11.1. The first kappa shape index (κ1) is 13.5. The predicted octanol–water partition coefficient (Wildman–Crippen LogP) is 2.69. The van der Waals surface area contributed by atoms with E-state index < -0.39 is 6.04 Å². The van der Waals surface area contributed by atoms with Crippen LogP contribution in [0.2, 0.25) is 0 Å². The van der Waals surface area contributed by atoms with E-state index in [0.717, 1.165) is 29.4 Å². The monoisotopic (exact) mass is 257 g/mol. The number of fused-ring (bicyclic) bond motifs is 1. The summed E-state index contributed by atoms with van der Waals surface area (Å²) >= 11 is 0. The van der Waals surface area contributed by atoms with Crippen molar-refractivity contribution < 1.29 is 4.79 Å². The van der Waals surface area contributed by atoms with Crippen LogP contribution in [0.25, 0.3) is 10.9 Å². The largest absolute Gasteiger partial charge is 0.323 e. The number of amides is 1. The molecule has 1 unspecified atom stereocenters. The van der Waals surface area contributed by atoms with Crippen molar-refractivity contribution in [3.63, 3.8) is 0 Å². The van der Waals surface area contributed by atoms with E-state index in [9.17, 15) is 4.79 Å². The Morgan fingerprint density at radius 1 is 1.37 bits per heavy atom. The lowest BCUT2D eigenvalue weighted by molar-refractivity contribution is -0.117. The van der Waals surface area contributed by atoms with Crippen LogP contribution in [0, 0.1) is 0 Å². The number of anilines is 1. The second-order valence-electron chi connectivity index (χ2n) is 4.62. The smallest absolute Gasteiger partial charge is 0.241 e. The van der Waals surface area contributed by atoms with Crippen LogP contribution in [0.4, 0.5) is 5.69 Å². The number of rotatable bonds is 5. The van der Waals surface area contributed by atoms with Crippen molar-refractivity contribution in [3.8, 4) is 0 Å². The van der Waals surface area contributed by atoms with Crippen LogP contribution in [0.5, 0.6) is 0 Å². The molecule has 100 valence electrons. The molecular weight excluding hydrogens is 238 g/mol. The number of aromatic nitrogens is 1. The first-order chi connectivity index (χ1) is 9.22. The number of nitrogens with zero attached hydrogens (tertiary/aromatic N) is 1. The maximum atomic E-state index is 12.0. The summed E-state index contributed by atoms with van der Waals surface area (Å²) in [5.74, 6) is -0.147. The van der Waals surface area contributed by atoms with Gasteiger partial charge in [0.15, 0.2) is 0 Å². The van der Waals surface area contributed by atoms with Crippen LogP contribution in [0.3, 0.4) is 0 Å². The molecule has 0 spiro atoms. The Balaban J connectivity index is 2.15. The highest BCUT2D eigenvalue weighted by atomic mass is 16.2. The minimum atomic E-state index is -0.459. The average molecular weight is 257 g/mol. The fraction of sp³-hybridized carbons (Fsp3) is 0.333. The van der Waals surface area contributed by atoms with Crippen LogP contribution in [0.15, 0.2) is 36.5 Å². The first-order valence-corrected chi connectivity index (χ1v) is 6.62. The van der Waals surface area contributed by atoms with Gasteiger partial charge in [-0.25, -0.2) is 0 Å². The molecule has 0 aliphatic carbocycles. The van der Waals surface area contributed by atoms with Gasteiger partial charge in [0.25, 0.3) is 0 Å². The molecule has 0 fully saturated rings. The van der Waals surface area contributed by atoms with Gasteiger partial charge in [-0.05, 0) is 18.6 Å². The summed E-state index contributed by atoms with van der Waals surface area (Å²) in [5.41, 5.74) is 7.37. The summed E-state index contributed by atoms with van der Waals surface area (Å²) in [4.78, 5) is 16.3. The highest BCUT2D eigenvalue weighted by Gasteiger charge is 2.14. The lowest BCUT2D eigenvalue weighted by Gasteiger charge is -2.12. The lowest BCUT2D eigenvalue weighted by Crippen LogP contribution is -2.35. The predicted molar refractivity (Wildman–Crippen MR) is 77.9 cm³/mol. The molecular formula is C15H19N3O. The van der Waals surface area contributed by atoms with Crippen LogP contribution in [-0.2, 0) is 4.79 Å². The van der Waals surface area contributed by atoms with Gasteiger partial charge >= 0.3 is 0 Å². The highest BCUT2D eigenvalue weighted by Crippen LogP contribution is 2.20. The molecule has 0 aliphatic rings. The third-order valence-corrected chi connectivity index (χ3v) is 3.10. The molecule has 1 aromatic carbocycles. The molecule has 19 heavy (non-hydrogen) atoms. The van der Waals surface area contributed by atoms with E-state index in [2.05, 4.69) is 17.2 Å². The van der Waals surface area contributed by atoms with E-state index in [4.69, 9.17) is 5.73 Å². The number of benzene rings is 1. The van der Waals surface area contributed by atoms with Crippen LogP contribution in [0.1, 0.15) is 26.2 Å². The van der Waals surface area contributed by atoms with Crippen LogP contribution < -0.4 is 11.1 Å². The quantitative estimate of drug-likeness (QED) is 0.865. The van der Waals surface area contributed by atoms with Gasteiger partial charge in [-0.3, -0.25) is 9.78 Å². The summed E-state index contributed by atoms with van der Waals surface area (Å²) < 4.78 is 0. The molecule has 0 bridgehead atoms. The Kier molecular flexibility index (Phi) is 4.47. The fourth-order valence-electron chi connectivity index (χ4n) is 1.99. The number of carbonyl (C=O) groups is 1. The van der Waals surface area contributed by atoms with Crippen molar-refractivity contribution in [2.24, 2.45) is 5.73 Å². The van der Waals surface area contributed by atoms with Crippen molar-refractivity contribution in [1.29, 1.82) is 0 Å². The highest BCUT2D eigenvalue weighted by molar-refractivity contribution is 6.02. The Bertz CT molecular complexity index is 563. The van der Waals surface area contributed by atoms with E-state index in [1.165, 1.54) is 0 Å². The molecule has 0 saturated carbocycles. The molecule has 1 aromatic heterocycles. The third kappa shape index (κ3) is 3.29. The molecule has 1 atom stereocenters. The Morgan fingerprint density at radius 3 is 2.95 bits per heavy atom. The van der Waals surface area contributed by atoms with Crippen molar-refractivity contribution in [3.05, 3.63) is 36.5 Å².